The van der Waals surface area contributed by atoms with Gasteiger partial charge in [0.15, 0.2) is 0 Å². The van der Waals surface area contributed by atoms with Gasteiger partial charge < -0.3 is 14.5 Å². The number of piperidine rings is 1. The van der Waals surface area contributed by atoms with E-state index < -0.39 is 20.8 Å². The van der Waals surface area contributed by atoms with Gasteiger partial charge in [-0.15, -0.1) is 0 Å². The third-order valence-corrected chi connectivity index (χ3v) is 13.7. The number of sulfonamides is 1. The van der Waals surface area contributed by atoms with Crippen LogP contribution in [0.3, 0.4) is 0 Å². The molecule has 280 valence electrons. The zero-order valence-corrected chi connectivity index (χ0v) is 32.7. The molecule has 2 heterocycles. The summed E-state index contributed by atoms with van der Waals surface area (Å²) in [5.41, 5.74) is 1.58. The first-order chi connectivity index (χ1) is 24.2. The number of esters is 1. The molecule has 4 rings (SSSR count). The molecular formula is C40H63N3O5S2. The average Bonchev–Trinajstić information content (AvgIpc) is 3.12. The van der Waals surface area contributed by atoms with Crippen LogP contribution in [0.1, 0.15) is 122 Å². The molecular weight excluding hydrogens is 667 g/mol. The van der Waals surface area contributed by atoms with Crippen LogP contribution in [0.15, 0.2) is 57.2 Å². The zero-order chi connectivity index (χ0) is 35.8. The zero-order valence-electron chi connectivity index (χ0n) is 31.1. The molecule has 0 bridgehead atoms. The fourth-order valence-electron chi connectivity index (χ4n) is 7.21. The van der Waals surface area contributed by atoms with E-state index in [4.69, 9.17) is 4.74 Å². The van der Waals surface area contributed by atoms with E-state index >= 15 is 0 Å². The van der Waals surface area contributed by atoms with Crippen molar-refractivity contribution >= 4 is 38.2 Å². The van der Waals surface area contributed by atoms with Gasteiger partial charge in [-0.05, 0) is 88.0 Å². The van der Waals surface area contributed by atoms with Crippen LogP contribution in [-0.2, 0) is 30.4 Å². The number of unbranched alkanes of at least 4 members (excludes halogenated alkanes) is 12. The third-order valence-electron chi connectivity index (χ3n) is 10.4. The summed E-state index contributed by atoms with van der Waals surface area (Å²) in [7, 11) is -1.95. The topological polar surface area (TPSA) is 87.2 Å². The first kappa shape index (κ1) is 40.5. The molecule has 0 N–H and O–H groups in total. The lowest BCUT2D eigenvalue weighted by atomic mass is 9.94. The van der Waals surface area contributed by atoms with Crippen LogP contribution in [-0.4, -0.2) is 74.7 Å². The molecule has 2 aromatic carbocycles. The van der Waals surface area contributed by atoms with E-state index in [-0.39, 0.29) is 10.9 Å². The van der Waals surface area contributed by atoms with E-state index in [1.54, 1.807) is 18.2 Å². The molecule has 10 heteroatoms. The van der Waals surface area contributed by atoms with Crippen LogP contribution in [0.25, 0.3) is 0 Å². The molecule has 0 saturated carbocycles. The summed E-state index contributed by atoms with van der Waals surface area (Å²) in [4.78, 5) is 18.5. The van der Waals surface area contributed by atoms with E-state index in [9.17, 15) is 17.4 Å². The number of carbonyl (C=O) groups excluding carboxylic acids is 1. The molecule has 1 fully saturated rings. The largest absolute Gasteiger partial charge is 0.466 e. The number of ether oxygens (including phenoxy) is 1. The van der Waals surface area contributed by atoms with Crippen molar-refractivity contribution in [1.82, 2.24) is 9.21 Å². The Morgan fingerprint density at radius 2 is 1.40 bits per heavy atom. The summed E-state index contributed by atoms with van der Waals surface area (Å²) in [6.45, 7) is 6.49. The number of carbonyl (C=O) groups is 1. The molecule has 0 amide bonds. The van der Waals surface area contributed by atoms with Gasteiger partial charge in [0, 0.05) is 27.1 Å². The van der Waals surface area contributed by atoms with E-state index in [0.29, 0.717) is 36.1 Å². The highest BCUT2D eigenvalue weighted by atomic mass is 32.2. The highest BCUT2D eigenvalue weighted by Gasteiger charge is 2.30. The molecule has 0 aromatic heterocycles. The van der Waals surface area contributed by atoms with Gasteiger partial charge in [-0.2, -0.15) is 0 Å². The SMILES string of the molecule is CCCCCCCCCCCCCCCC(=O)OCCC1CCN(CCCN2c3ccccc3S(=O)c3ccc(S(=O)(=O)N(C)C)cc32)CC1. The van der Waals surface area contributed by atoms with Crippen LogP contribution in [0.4, 0.5) is 11.4 Å². The van der Waals surface area contributed by atoms with Gasteiger partial charge in [0.25, 0.3) is 0 Å². The number of anilines is 2. The van der Waals surface area contributed by atoms with E-state index in [0.717, 1.165) is 68.7 Å². The van der Waals surface area contributed by atoms with Gasteiger partial charge in [-0.25, -0.2) is 16.9 Å². The number of hydrogen-bond donors (Lipinski definition) is 0. The summed E-state index contributed by atoms with van der Waals surface area (Å²) < 4.78 is 46.1. The lowest BCUT2D eigenvalue weighted by Crippen LogP contribution is -2.36. The fraction of sp³-hybridized carbons (Fsp3) is 0.675. The molecule has 0 aliphatic carbocycles. The van der Waals surface area contributed by atoms with Crippen molar-refractivity contribution in [3.63, 3.8) is 0 Å². The van der Waals surface area contributed by atoms with Crippen molar-refractivity contribution in [2.24, 2.45) is 5.92 Å². The molecule has 2 aliphatic heterocycles. The summed E-state index contributed by atoms with van der Waals surface area (Å²) in [5, 5.41) is 0. The molecule has 8 nitrogen and oxygen atoms in total. The summed E-state index contributed by atoms with van der Waals surface area (Å²) in [5.74, 6) is 0.546. The van der Waals surface area contributed by atoms with E-state index in [2.05, 4.69) is 16.7 Å². The Morgan fingerprint density at radius 1 is 0.800 bits per heavy atom. The molecule has 0 radical (unpaired) electrons. The summed E-state index contributed by atoms with van der Waals surface area (Å²) in [6.07, 6.45) is 21.5. The number of likely N-dealkylation sites (tertiary alicyclic amines) is 1. The second-order valence-electron chi connectivity index (χ2n) is 14.4. The fourth-order valence-corrected chi connectivity index (χ4v) is 9.49. The predicted molar refractivity (Wildman–Crippen MR) is 205 cm³/mol. The Kier molecular flexibility index (Phi) is 17.3. The third kappa shape index (κ3) is 12.2. The molecule has 2 aliphatic rings. The number of rotatable bonds is 23. The van der Waals surface area contributed by atoms with Crippen LogP contribution in [0.5, 0.6) is 0 Å². The second-order valence-corrected chi connectivity index (χ2v) is 18.0. The molecule has 50 heavy (non-hydrogen) atoms. The molecule has 1 unspecified atom stereocenters. The first-order valence-electron chi connectivity index (χ1n) is 19.4. The van der Waals surface area contributed by atoms with Crippen molar-refractivity contribution < 1.29 is 22.2 Å². The van der Waals surface area contributed by atoms with Gasteiger partial charge in [0.1, 0.15) is 0 Å². The Morgan fingerprint density at radius 3 is 2.04 bits per heavy atom. The molecule has 1 saturated heterocycles. The predicted octanol–water partition coefficient (Wildman–Crippen LogP) is 9.07. The van der Waals surface area contributed by atoms with Crippen LogP contribution >= 0.6 is 0 Å². The molecule has 2 aromatic rings. The van der Waals surface area contributed by atoms with Gasteiger partial charge in [0.05, 0.1) is 43.5 Å². The van der Waals surface area contributed by atoms with E-state index in [1.165, 1.54) is 89.0 Å². The number of hydrogen-bond acceptors (Lipinski definition) is 7. The number of para-hydroxylation sites is 1. The van der Waals surface area contributed by atoms with Crippen LogP contribution < -0.4 is 4.90 Å². The highest BCUT2D eigenvalue weighted by molar-refractivity contribution is 7.89. The summed E-state index contributed by atoms with van der Waals surface area (Å²) in [6, 6.07) is 12.6. The maximum atomic E-state index is 13.4. The average molecular weight is 730 g/mol. The maximum absolute atomic E-state index is 13.4. The minimum Gasteiger partial charge on any atom is -0.466 e. The van der Waals surface area contributed by atoms with Crippen LogP contribution in [0.2, 0.25) is 0 Å². The van der Waals surface area contributed by atoms with Crippen molar-refractivity contribution in [3.8, 4) is 0 Å². The monoisotopic (exact) mass is 729 g/mol. The van der Waals surface area contributed by atoms with Crippen molar-refractivity contribution in [1.29, 1.82) is 0 Å². The first-order valence-corrected chi connectivity index (χ1v) is 22.0. The number of fused-ring (bicyclic) bond motifs is 2. The standard InChI is InChI=1S/C40H63N3O5S2/c1-4-5-6-7-8-9-10-11-12-13-14-15-16-22-40(44)48-32-27-34-25-30-42(31-26-34)28-19-29-43-36-20-17-18-21-38(36)49(45)39-24-23-35(33-37(39)43)50(46,47)41(2)3/h17-18,20-21,23-24,33-34H,4-16,19,22,25-32H2,1-3H3. The van der Waals surface area contributed by atoms with Gasteiger partial charge >= 0.3 is 5.97 Å². The number of benzene rings is 2. The van der Waals surface area contributed by atoms with E-state index in [1.807, 2.05) is 24.3 Å². The quantitative estimate of drug-likeness (QED) is 0.0833. The summed E-state index contributed by atoms with van der Waals surface area (Å²) >= 11 is 0. The normalized spacial score (nSPS) is 16.8. The van der Waals surface area contributed by atoms with Gasteiger partial charge in [-0.3, -0.25) is 4.79 Å². The van der Waals surface area contributed by atoms with Crippen LogP contribution in [0, 0.1) is 5.92 Å². The van der Waals surface area contributed by atoms with Gasteiger partial charge in [0.2, 0.25) is 10.0 Å². The minimum atomic E-state index is -3.62. The Hall–Kier alpha value is -2.27. The second kappa shape index (κ2) is 21.3. The lowest BCUT2D eigenvalue weighted by Gasteiger charge is -2.35. The Balaban J connectivity index is 1.10. The maximum Gasteiger partial charge on any atom is 0.305 e. The van der Waals surface area contributed by atoms with Crippen molar-refractivity contribution in [2.75, 3.05) is 51.8 Å². The lowest BCUT2D eigenvalue weighted by molar-refractivity contribution is -0.144. The van der Waals surface area contributed by atoms with Gasteiger partial charge in [-0.1, -0.05) is 96.1 Å². The Bertz CT molecular complexity index is 1460. The minimum absolute atomic E-state index is 0.0402. The highest BCUT2D eigenvalue weighted by Crippen LogP contribution is 2.43. The van der Waals surface area contributed by atoms with Crippen molar-refractivity contribution in [2.45, 2.75) is 137 Å². The number of nitrogens with zero attached hydrogens (tertiary/aromatic N) is 3. The van der Waals surface area contributed by atoms with Crippen molar-refractivity contribution in [3.05, 3.63) is 42.5 Å². The molecule has 0 spiro atoms. The Labute approximate surface area is 305 Å². The smallest absolute Gasteiger partial charge is 0.305 e. The molecule has 1 atom stereocenters.